The van der Waals surface area contributed by atoms with E-state index in [-0.39, 0.29) is 5.91 Å². The zero-order valence-corrected chi connectivity index (χ0v) is 25.6. The van der Waals surface area contributed by atoms with Crippen molar-refractivity contribution in [2.75, 3.05) is 19.6 Å². The number of carboxylic acid groups (broad SMARTS) is 2. The smallest absolute Gasteiger partial charge is 0.408 e. The molecule has 1 unspecified atom stereocenters. The summed E-state index contributed by atoms with van der Waals surface area (Å²) in [5.41, 5.74) is 1.32. The van der Waals surface area contributed by atoms with Crippen molar-refractivity contribution in [3.8, 4) is 0 Å². The molecule has 3 N–H and O–H groups in total. The van der Waals surface area contributed by atoms with Crippen molar-refractivity contribution in [3.05, 3.63) is 23.3 Å². The number of likely N-dealkylation sites (tertiary alicyclic amines) is 1. The van der Waals surface area contributed by atoms with Crippen LogP contribution < -0.4 is 5.32 Å². The van der Waals surface area contributed by atoms with Gasteiger partial charge in [0, 0.05) is 19.6 Å². The second-order valence-corrected chi connectivity index (χ2v) is 11.4. The number of carbonyl (C=O) groups excluding carboxylic acids is 2. The molecule has 0 spiro atoms. The molecule has 1 saturated heterocycles. The van der Waals surface area contributed by atoms with Crippen molar-refractivity contribution in [1.82, 2.24) is 15.1 Å². The van der Waals surface area contributed by atoms with E-state index in [1.807, 2.05) is 53.7 Å². The van der Waals surface area contributed by atoms with Gasteiger partial charge in [-0.2, -0.15) is 0 Å². The standard InChI is InChI=1S/C16H28N2O5.C11H17NO2.C2H6/c1-15(2,3)11(17-14(22)23-16(4,5)6)12(19)18-9-7-8-10(18)13(20)21;1-3-5-10-8-12(11(13)14)7-6-9(10)4-2;1-2/h10-11H,7-9H2,1-6H3,(H,17,22)(H,20,21);3,5H,4,6-8H2,1-2H3,(H,13,14);1-2H3/b;5-3-;/t10?,11-;;/m1../s1. The molecule has 10 heteroatoms. The molecular formula is C29H51N3O7. The molecule has 0 aromatic rings. The fraction of sp³-hybridized carbons (Fsp3) is 0.724. The van der Waals surface area contributed by atoms with Crippen molar-refractivity contribution in [3.63, 3.8) is 0 Å². The third-order valence-corrected chi connectivity index (χ3v) is 6.16. The van der Waals surface area contributed by atoms with Crippen LogP contribution in [-0.2, 0) is 14.3 Å². The maximum absolute atomic E-state index is 12.8. The predicted octanol–water partition coefficient (Wildman–Crippen LogP) is 5.68. The van der Waals surface area contributed by atoms with E-state index in [9.17, 15) is 24.3 Å². The van der Waals surface area contributed by atoms with Crippen molar-refractivity contribution in [2.24, 2.45) is 5.41 Å². The van der Waals surface area contributed by atoms with E-state index in [4.69, 9.17) is 9.84 Å². The van der Waals surface area contributed by atoms with Crippen LogP contribution in [0.15, 0.2) is 23.3 Å². The van der Waals surface area contributed by atoms with E-state index in [2.05, 4.69) is 12.2 Å². The second kappa shape index (κ2) is 16.2. The van der Waals surface area contributed by atoms with Crippen LogP contribution in [0.25, 0.3) is 0 Å². The largest absolute Gasteiger partial charge is 0.480 e. The van der Waals surface area contributed by atoms with Gasteiger partial charge in [0.1, 0.15) is 17.7 Å². The Balaban J connectivity index is 0.000000769. The maximum Gasteiger partial charge on any atom is 0.408 e. The van der Waals surface area contributed by atoms with Crippen LogP contribution in [0.3, 0.4) is 0 Å². The summed E-state index contributed by atoms with van der Waals surface area (Å²) in [6.07, 6.45) is 5.47. The molecule has 0 aliphatic carbocycles. The summed E-state index contributed by atoms with van der Waals surface area (Å²) < 4.78 is 5.21. The Hall–Kier alpha value is -3.04. The lowest BCUT2D eigenvalue weighted by atomic mass is 9.85. The molecular weight excluding hydrogens is 502 g/mol. The average Bonchev–Trinajstić information content (AvgIpc) is 3.33. The van der Waals surface area contributed by atoms with Crippen LogP contribution in [0, 0.1) is 5.41 Å². The number of hydrogen-bond acceptors (Lipinski definition) is 5. The van der Waals surface area contributed by atoms with Gasteiger partial charge in [0.25, 0.3) is 0 Å². The van der Waals surface area contributed by atoms with E-state index in [0.29, 0.717) is 32.5 Å². The second-order valence-electron chi connectivity index (χ2n) is 11.4. The lowest BCUT2D eigenvalue weighted by Gasteiger charge is -2.35. The Bertz CT molecular complexity index is 898. The topological polar surface area (TPSA) is 136 Å². The van der Waals surface area contributed by atoms with Crippen molar-refractivity contribution in [1.29, 1.82) is 0 Å². The first-order valence-electron chi connectivity index (χ1n) is 13.9. The monoisotopic (exact) mass is 553 g/mol. The fourth-order valence-electron chi connectivity index (χ4n) is 4.29. The van der Waals surface area contributed by atoms with Gasteiger partial charge >= 0.3 is 18.2 Å². The number of alkyl carbamates (subject to hydrolysis) is 1. The van der Waals surface area contributed by atoms with E-state index < -0.39 is 41.3 Å². The number of ether oxygens (including phenoxy) is 1. The SMILES string of the molecule is C/C=C\C1=C(CC)CCN(C(=O)O)C1.CC.CC(C)(C)OC(=O)N[C@H](C(=O)N1CCCC1C(=O)O)C(C)(C)C. The molecule has 0 bridgehead atoms. The highest BCUT2D eigenvalue weighted by atomic mass is 16.6. The summed E-state index contributed by atoms with van der Waals surface area (Å²) in [7, 11) is 0. The molecule has 0 aromatic heterocycles. The van der Waals surface area contributed by atoms with Crippen molar-refractivity contribution >= 4 is 24.1 Å². The van der Waals surface area contributed by atoms with Gasteiger partial charge in [0.05, 0.1) is 0 Å². The number of amides is 3. The minimum Gasteiger partial charge on any atom is -0.480 e. The van der Waals surface area contributed by atoms with Crippen LogP contribution in [-0.4, -0.2) is 81.4 Å². The van der Waals surface area contributed by atoms with E-state index >= 15 is 0 Å². The number of rotatable bonds is 5. The zero-order chi connectivity index (χ0) is 30.6. The molecule has 39 heavy (non-hydrogen) atoms. The summed E-state index contributed by atoms with van der Waals surface area (Å²) in [6.45, 7) is 20.3. The number of nitrogens with one attached hydrogen (secondary N) is 1. The Labute approximate surface area is 234 Å². The summed E-state index contributed by atoms with van der Waals surface area (Å²) in [5.74, 6) is -1.39. The molecule has 2 aliphatic rings. The number of carbonyl (C=O) groups is 4. The Morgan fingerprint density at radius 3 is 2.10 bits per heavy atom. The number of carboxylic acids is 1. The first-order valence-corrected chi connectivity index (χ1v) is 13.9. The lowest BCUT2D eigenvalue weighted by Crippen LogP contribution is -2.57. The summed E-state index contributed by atoms with van der Waals surface area (Å²) in [5, 5.41) is 20.7. The van der Waals surface area contributed by atoms with E-state index in [0.717, 1.165) is 12.8 Å². The Morgan fingerprint density at radius 1 is 1.08 bits per heavy atom. The Kier molecular flexibility index (Phi) is 14.9. The van der Waals surface area contributed by atoms with Gasteiger partial charge in [-0.1, -0.05) is 59.3 Å². The van der Waals surface area contributed by atoms with Gasteiger partial charge in [-0.3, -0.25) is 4.79 Å². The average molecular weight is 554 g/mol. The summed E-state index contributed by atoms with van der Waals surface area (Å²) in [4.78, 5) is 49.7. The van der Waals surface area contributed by atoms with E-state index in [1.54, 1.807) is 20.8 Å². The van der Waals surface area contributed by atoms with Gasteiger partial charge in [0.15, 0.2) is 0 Å². The molecule has 224 valence electrons. The van der Waals surface area contributed by atoms with E-state index in [1.165, 1.54) is 20.9 Å². The van der Waals surface area contributed by atoms with Crippen LogP contribution in [0.5, 0.6) is 0 Å². The molecule has 1 fully saturated rings. The summed E-state index contributed by atoms with van der Waals surface area (Å²) in [6, 6.07) is -1.68. The van der Waals surface area contributed by atoms with Gasteiger partial charge in [-0.25, -0.2) is 14.4 Å². The molecule has 0 aromatic carbocycles. The Morgan fingerprint density at radius 2 is 1.67 bits per heavy atom. The number of aliphatic carboxylic acids is 1. The molecule has 2 rings (SSSR count). The van der Waals surface area contributed by atoms with Crippen LogP contribution in [0.2, 0.25) is 0 Å². The summed E-state index contributed by atoms with van der Waals surface area (Å²) >= 11 is 0. The van der Waals surface area contributed by atoms with Crippen molar-refractivity contribution < 1.29 is 34.1 Å². The first-order chi connectivity index (χ1) is 18.0. The van der Waals surface area contributed by atoms with Crippen LogP contribution >= 0.6 is 0 Å². The molecule has 2 aliphatic heterocycles. The third kappa shape index (κ3) is 12.1. The molecule has 0 saturated carbocycles. The maximum atomic E-state index is 12.8. The van der Waals surface area contributed by atoms with Gasteiger partial charge in [-0.15, -0.1) is 0 Å². The highest BCUT2D eigenvalue weighted by molar-refractivity contribution is 5.90. The molecule has 10 nitrogen and oxygen atoms in total. The first kappa shape index (κ1) is 36.0. The molecule has 2 heterocycles. The third-order valence-electron chi connectivity index (χ3n) is 6.16. The van der Waals surface area contributed by atoms with Crippen LogP contribution in [0.1, 0.15) is 94.9 Å². The van der Waals surface area contributed by atoms with Gasteiger partial charge in [0.2, 0.25) is 5.91 Å². The normalized spacial score (nSPS) is 18.5. The highest BCUT2D eigenvalue weighted by Crippen LogP contribution is 2.26. The minimum absolute atomic E-state index is 0.381. The molecule has 0 radical (unpaired) electrons. The molecule has 3 amide bonds. The highest BCUT2D eigenvalue weighted by Gasteiger charge is 2.42. The quantitative estimate of drug-likeness (QED) is 0.398. The van der Waals surface area contributed by atoms with Crippen LogP contribution in [0.4, 0.5) is 9.59 Å². The fourth-order valence-corrected chi connectivity index (χ4v) is 4.29. The predicted molar refractivity (Wildman–Crippen MR) is 153 cm³/mol. The van der Waals surface area contributed by atoms with Gasteiger partial charge in [-0.05, 0) is 64.4 Å². The number of nitrogens with zero attached hydrogens (tertiary/aromatic N) is 2. The van der Waals surface area contributed by atoms with Crippen molar-refractivity contribution in [2.45, 2.75) is 113 Å². The molecule has 2 atom stereocenters. The lowest BCUT2D eigenvalue weighted by molar-refractivity contribution is -0.150. The zero-order valence-electron chi connectivity index (χ0n) is 25.6. The number of allylic oxidation sites excluding steroid dienone is 1. The minimum atomic E-state index is -1.01. The number of hydrogen-bond donors (Lipinski definition) is 3. The van der Waals surface area contributed by atoms with Gasteiger partial charge < -0.3 is 30.1 Å².